The summed E-state index contributed by atoms with van der Waals surface area (Å²) >= 11 is 0. The SMILES string of the molecule is Cc1cc(CCC[C@H](C)N)cc(C(C)(C)C)c1F. The molecule has 2 heteroatoms. The first-order chi connectivity index (χ1) is 8.21. The third-order valence-electron chi connectivity index (χ3n) is 3.25. The minimum Gasteiger partial charge on any atom is -0.328 e. The Bertz CT molecular complexity index is 402. The van der Waals surface area contributed by atoms with Crippen molar-refractivity contribution in [2.75, 3.05) is 0 Å². The minimum atomic E-state index is -0.147. The Labute approximate surface area is 111 Å². The maximum absolute atomic E-state index is 14.1. The molecule has 0 saturated heterocycles. The van der Waals surface area contributed by atoms with E-state index in [1.54, 1.807) is 0 Å². The lowest BCUT2D eigenvalue weighted by Crippen LogP contribution is -2.16. The summed E-state index contributed by atoms with van der Waals surface area (Å²) in [6.07, 6.45) is 3.05. The summed E-state index contributed by atoms with van der Waals surface area (Å²) in [7, 11) is 0. The first-order valence-corrected chi connectivity index (χ1v) is 6.77. The fourth-order valence-electron chi connectivity index (χ4n) is 2.16. The van der Waals surface area contributed by atoms with Crippen LogP contribution >= 0.6 is 0 Å². The molecule has 18 heavy (non-hydrogen) atoms. The summed E-state index contributed by atoms with van der Waals surface area (Å²) < 4.78 is 14.1. The maximum atomic E-state index is 14.1. The molecule has 0 saturated carbocycles. The molecule has 0 spiro atoms. The molecule has 2 N–H and O–H groups in total. The second-order valence-electron chi connectivity index (χ2n) is 6.39. The standard InChI is InChI=1S/C16H26FN/c1-11-9-13(8-6-7-12(2)18)10-14(15(11)17)16(3,4)5/h9-10,12H,6-8,18H2,1-5H3/t12-/m0/s1. The van der Waals surface area contributed by atoms with E-state index < -0.39 is 0 Å². The summed E-state index contributed by atoms with van der Waals surface area (Å²) in [6, 6.07) is 4.23. The second kappa shape index (κ2) is 5.83. The highest BCUT2D eigenvalue weighted by atomic mass is 19.1. The van der Waals surface area contributed by atoms with Crippen molar-refractivity contribution in [3.8, 4) is 0 Å². The Hall–Kier alpha value is -0.890. The molecule has 0 bridgehead atoms. The molecule has 0 fully saturated rings. The van der Waals surface area contributed by atoms with Gasteiger partial charge in [-0.15, -0.1) is 0 Å². The molecular formula is C16H26FN. The van der Waals surface area contributed by atoms with Gasteiger partial charge >= 0.3 is 0 Å². The van der Waals surface area contributed by atoms with Crippen molar-refractivity contribution in [2.45, 2.75) is 65.3 Å². The lowest BCUT2D eigenvalue weighted by molar-refractivity contribution is 0.516. The van der Waals surface area contributed by atoms with Crippen LogP contribution in [0.2, 0.25) is 0 Å². The van der Waals surface area contributed by atoms with Crippen LogP contribution in [-0.4, -0.2) is 6.04 Å². The topological polar surface area (TPSA) is 26.0 Å². The highest BCUT2D eigenvalue weighted by molar-refractivity contribution is 5.35. The maximum Gasteiger partial charge on any atom is 0.129 e. The van der Waals surface area contributed by atoms with Gasteiger partial charge in [-0.2, -0.15) is 0 Å². The Kier molecular flexibility index (Phi) is 4.92. The molecule has 0 aliphatic rings. The Morgan fingerprint density at radius 1 is 1.28 bits per heavy atom. The van der Waals surface area contributed by atoms with Gasteiger partial charge in [-0.3, -0.25) is 0 Å². The third kappa shape index (κ3) is 4.09. The fourth-order valence-corrected chi connectivity index (χ4v) is 2.16. The van der Waals surface area contributed by atoms with Gasteiger partial charge in [-0.25, -0.2) is 4.39 Å². The van der Waals surface area contributed by atoms with E-state index >= 15 is 0 Å². The summed E-state index contributed by atoms with van der Waals surface area (Å²) in [5, 5.41) is 0. The molecule has 0 heterocycles. The van der Waals surface area contributed by atoms with E-state index in [1.807, 2.05) is 26.0 Å². The fraction of sp³-hybridized carbons (Fsp3) is 0.625. The highest BCUT2D eigenvalue weighted by Crippen LogP contribution is 2.28. The molecule has 0 aromatic heterocycles. The van der Waals surface area contributed by atoms with Gasteiger partial charge in [0.05, 0.1) is 0 Å². The van der Waals surface area contributed by atoms with Gasteiger partial charge in [0.15, 0.2) is 0 Å². The summed E-state index contributed by atoms with van der Waals surface area (Å²) in [5.41, 5.74) is 8.39. The number of nitrogens with two attached hydrogens (primary N) is 1. The monoisotopic (exact) mass is 251 g/mol. The molecule has 102 valence electrons. The normalized spacial score (nSPS) is 13.7. The first-order valence-electron chi connectivity index (χ1n) is 6.77. The third-order valence-corrected chi connectivity index (χ3v) is 3.25. The van der Waals surface area contributed by atoms with Crippen LogP contribution in [0.5, 0.6) is 0 Å². The zero-order chi connectivity index (χ0) is 13.9. The largest absolute Gasteiger partial charge is 0.328 e. The lowest BCUT2D eigenvalue weighted by Gasteiger charge is -2.22. The van der Waals surface area contributed by atoms with Crippen molar-refractivity contribution >= 4 is 0 Å². The van der Waals surface area contributed by atoms with Crippen LogP contribution in [0.15, 0.2) is 12.1 Å². The van der Waals surface area contributed by atoms with Gasteiger partial charge < -0.3 is 5.73 Å². The van der Waals surface area contributed by atoms with E-state index in [0.717, 1.165) is 30.4 Å². The zero-order valence-corrected chi connectivity index (χ0v) is 12.3. The van der Waals surface area contributed by atoms with E-state index in [2.05, 4.69) is 20.8 Å². The van der Waals surface area contributed by atoms with E-state index in [4.69, 9.17) is 5.73 Å². The molecule has 1 nitrogen and oxygen atoms in total. The number of benzene rings is 1. The van der Waals surface area contributed by atoms with E-state index in [0.29, 0.717) is 0 Å². The van der Waals surface area contributed by atoms with Crippen LogP contribution in [0.4, 0.5) is 4.39 Å². The van der Waals surface area contributed by atoms with Crippen LogP contribution < -0.4 is 5.73 Å². The lowest BCUT2D eigenvalue weighted by atomic mass is 9.84. The van der Waals surface area contributed by atoms with Crippen molar-refractivity contribution < 1.29 is 4.39 Å². The predicted octanol–water partition coefficient (Wildman–Crippen LogP) is 4.10. The Morgan fingerprint density at radius 2 is 1.89 bits per heavy atom. The average molecular weight is 251 g/mol. The smallest absolute Gasteiger partial charge is 0.129 e. The molecule has 1 rings (SSSR count). The number of aryl methyl sites for hydroxylation is 2. The molecule has 0 amide bonds. The van der Waals surface area contributed by atoms with Gasteiger partial charge in [-0.1, -0.05) is 32.9 Å². The number of hydrogen-bond acceptors (Lipinski definition) is 1. The van der Waals surface area contributed by atoms with Crippen molar-refractivity contribution in [1.82, 2.24) is 0 Å². The van der Waals surface area contributed by atoms with Gasteiger partial charge in [0.25, 0.3) is 0 Å². The molecule has 0 unspecified atom stereocenters. The van der Waals surface area contributed by atoms with E-state index in [9.17, 15) is 4.39 Å². The van der Waals surface area contributed by atoms with Crippen LogP contribution in [0.1, 0.15) is 57.2 Å². The predicted molar refractivity (Wildman–Crippen MR) is 76.4 cm³/mol. The van der Waals surface area contributed by atoms with Crippen LogP contribution in [0.3, 0.4) is 0 Å². The summed E-state index contributed by atoms with van der Waals surface area (Å²) in [5.74, 6) is -0.0570. The second-order valence-corrected chi connectivity index (χ2v) is 6.39. The van der Waals surface area contributed by atoms with Gasteiger partial charge in [0.2, 0.25) is 0 Å². The Balaban J connectivity index is 2.91. The van der Waals surface area contributed by atoms with Gasteiger partial charge in [0, 0.05) is 6.04 Å². The van der Waals surface area contributed by atoms with E-state index in [1.165, 1.54) is 5.56 Å². The number of hydrogen-bond donors (Lipinski definition) is 1. The van der Waals surface area contributed by atoms with Crippen LogP contribution in [-0.2, 0) is 11.8 Å². The average Bonchev–Trinajstić information content (AvgIpc) is 2.20. The van der Waals surface area contributed by atoms with Crippen LogP contribution in [0, 0.1) is 12.7 Å². The first kappa shape index (κ1) is 15.2. The number of rotatable bonds is 4. The zero-order valence-electron chi connectivity index (χ0n) is 12.3. The molecule has 0 radical (unpaired) electrons. The molecule has 1 aromatic rings. The van der Waals surface area contributed by atoms with Crippen molar-refractivity contribution in [1.29, 1.82) is 0 Å². The summed E-state index contributed by atoms with van der Waals surface area (Å²) in [6.45, 7) is 10.0. The quantitative estimate of drug-likeness (QED) is 0.856. The minimum absolute atomic E-state index is 0.0570. The number of halogens is 1. The van der Waals surface area contributed by atoms with Crippen molar-refractivity contribution in [3.05, 3.63) is 34.6 Å². The molecule has 1 atom stereocenters. The summed E-state index contributed by atoms with van der Waals surface area (Å²) in [4.78, 5) is 0. The Morgan fingerprint density at radius 3 is 2.39 bits per heavy atom. The van der Waals surface area contributed by atoms with Crippen molar-refractivity contribution in [3.63, 3.8) is 0 Å². The molecule has 0 aliphatic heterocycles. The van der Waals surface area contributed by atoms with E-state index in [-0.39, 0.29) is 17.3 Å². The van der Waals surface area contributed by atoms with Gasteiger partial charge in [-0.05, 0) is 55.2 Å². The molecule has 0 aliphatic carbocycles. The van der Waals surface area contributed by atoms with Crippen LogP contribution in [0.25, 0.3) is 0 Å². The van der Waals surface area contributed by atoms with Crippen molar-refractivity contribution in [2.24, 2.45) is 5.73 Å². The molecular weight excluding hydrogens is 225 g/mol. The highest BCUT2D eigenvalue weighted by Gasteiger charge is 2.20. The molecule has 1 aromatic carbocycles. The van der Waals surface area contributed by atoms with Gasteiger partial charge in [0.1, 0.15) is 5.82 Å².